The first-order chi connectivity index (χ1) is 7.32. The van der Waals surface area contributed by atoms with Crippen molar-refractivity contribution in [3.63, 3.8) is 0 Å². The summed E-state index contributed by atoms with van der Waals surface area (Å²) in [6, 6.07) is 0. The molecule has 0 heterocycles. The van der Waals surface area contributed by atoms with Crippen molar-refractivity contribution in [2.24, 2.45) is 23.0 Å². The summed E-state index contributed by atoms with van der Waals surface area (Å²) in [5.41, 5.74) is 5.31. The van der Waals surface area contributed by atoms with Crippen LogP contribution in [0.25, 0.3) is 0 Å². The maximum absolute atomic E-state index is 11.8. The summed E-state index contributed by atoms with van der Waals surface area (Å²) in [6.07, 6.45) is 0.807. The molecule has 1 amide bonds. The van der Waals surface area contributed by atoms with E-state index in [4.69, 9.17) is 10.8 Å². The van der Waals surface area contributed by atoms with Crippen LogP contribution in [0.2, 0.25) is 0 Å². The molecular formula is C12H26N2O2. The predicted molar refractivity (Wildman–Crippen MR) is 65.9 cm³/mol. The molecule has 0 aliphatic carbocycles. The first-order valence-corrected chi connectivity index (χ1v) is 5.91. The highest BCUT2D eigenvalue weighted by Crippen LogP contribution is 2.14. The SMILES string of the molecule is CC(C)CC(CN)C(=O)NCC(C)(C)CO. The highest BCUT2D eigenvalue weighted by molar-refractivity contribution is 5.78. The van der Waals surface area contributed by atoms with Gasteiger partial charge in [0.25, 0.3) is 0 Å². The molecule has 1 unspecified atom stereocenters. The van der Waals surface area contributed by atoms with Crippen molar-refractivity contribution in [1.82, 2.24) is 5.32 Å². The summed E-state index contributed by atoms with van der Waals surface area (Å²) >= 11 is 0. The monoisotopic (exact) mass is 230 g/mol. The van der Waals surface area contributed by atoms with Gasteiger partial charge in [-0.05, 0) is 12.3 Å². The van der Waals surface area contributed by atoms with Gasteiger partial charge < -0.3 is 16.2 Å². The topological polar surface area (TPSA) is 75.4 Å². The van der Waals surface area contributed by atoms with Crippen LogP contribution < -0.4 is 11.1 Å². The van der Waals surface area contributed by atoms with Gasteiger partial charge in [-0.2, -0.15) is 0 Å². The predicted octanol–water partition coefficient (Wildman–Crippen LogP) is 0.742. The van der Waals surface area contributed by atoms with Crippen molar-refractivity contribution in [1.29, 1.82) is 0 Å². The molecule has 0 saturated heterocycles. The second-order valence-electron chi connectivity index (χ2n) is 5.60. The summed E-state index contributed by atoms with van der Waals surface area (Å²) in [5.74, 6) is 0.345. The van der Waals surface area contributed by atoms with E-state index in [1.165, 1.54) is 0 Å². The molecule has 0 bridgehead atoms. The van der Waals surface area contributed by atoms with Gasteiger partial charge in [0, 0.05) is 25.1 Å². The molecule has 0 fully saturated rings. The Kier molecular flexibility index (Phi) is 6.60. The molecule has 0 aromatic heterocycles. The van der Waals surface area contributed by atoms with Crippen molar-refractivity contribution < 1.29 is 9.90 Å². The molecule has 0 saturated carbocycles. The van der Waals surface area contributed by atoms with Crippen LogP contribution in [0.3, 0.4) is 0 Å². The molecule has 16 heavy (non-hydrogen) atoms. The molecule has 4 nitrogen and oxygen atoms in total. The first kappa shape index (κ1) is 15.4. The van der Waals surface area contributed by atoms with Gasteiger partial charge in [0.2, 0.25) is 5.91 Å². The third kappa shape index (κ3) is 6.08. The summed E-state index contributed by atoms with van der Waals surface area (Å²) < 4.78 is 0. The van der Waals surface area contributed by atoms with E-state index >= 15 is 0 Å². The molecule has 0 spiro atoms. The van der Waals surface area contributed by atoms with Gasteiger partial charge in [-0.1, -0.05) is 27.7 Å². The van der Waals surface area contributed by atoms with Gasteiger partial charge in [0.15, 0.2) is 0 Å². The lowest BCUT2D eigenvalue weighted by Crippen LogP contribution is -2.41. The van der Waals surface area contributed by atoms with E-state index in [-0.39, 0.29) is 23.8 Å². The van der Waals surface area contributed by atoms with Crippen LogP contribution in [0.1, 0.15) is 34.1 Å². The number of nitrogens with one attached hydrogen (secondary N) is 1. The molecule has 0 radical (unpaired) electrons. The normalized spacial score (nSPS) is 13.9. The molecule has 96 valence electrons. The second-order valence-corrected chi connectivity index (χ2v) is 5.60. The highest BCUT2D eigenvalue weighted by atomic mass is 16.3. The smallest absolute Gasteiger partial charge is 0.224 e. The average molecular weight is 230 g/mol. The number of amides is 1. The number of aliphatic hydroxyl groups excluding tert-OH is 1. The van der Waals surface area contributed by atoms with Gasteiger partial charge in [0.1, 0.15) is 0 Å². The zero-order valence-corrected chi connectivity index (χ0v) is 10.9. The summed E-state index contributed by atoms with van der Waals surface area (Å²) in [6.45, 7) is 8.90. The Morgan fingerprint density at radius 3 is 2.38 bits per heavy atom. The minimum atomic E-state index is -0.271. The van der Waals surface area contributed by atoms with Crippen molar-refractivity contribution >= 4 is 5.91 Å². The van der Waals surface area contributed by atoms with Crippen LogP contribution in [0.4, 0.5) is 0 Å². The molecule has 1 atom stereocenters. The van der Waals surface area contributed by atoms with E-state index in [9.17, 15) is 4.79 Å². The van der Waals surface area contributed by atoms with Gasteiger partial charge >= 0.3 is 0 Å². The zero-order chi connectivity index (χ0) is 12.8. The van der Waals surface area contributed by atoms with E-state index in [0.717, 1.165) is 6.42 Å². The fourth-order valence-electron chi connectivity index (χ4n) is 1.41. The molecule has 4 N–H and O–H groups in total. The number of nitrogens with two attached hydrogens (primary N) is 1. The Balaban J connectivity index is 4.12. The molecule has 4 heteroatoms. The Labute approximate surface area is 98.6 Å². The van der Waals surface area contributed by atoms with Gasteiger partial charge in [-0.3, -0.25) is 4.79 Å². The van der Waals surface area contributed by atoms with Crippen LogP contribution >= 0.6 is 0 Å². The molecule has 0 aromatic carbocycles. The Morgan fingerprint density at radius 1 is 1.44 bits per heavy atom. The van der Waals surface area contributed by atoms with Crippen LogP contribution in [0, 0.1) is 17.3 Å². The quantitative estimate of drug-likeness (QED) is 0.604. The van der Waals surface area contributed by atoms with Crippen LogP contribution in [0.5, 0.6) is 0 Å². The Hall–Kier alpha value is -0.610. The number of rotatable bonds is 7. The van der Waals surface area contributed by atoms with Gasteiger partial charge in [-0.15, -0.1) is 0 Å². The van der Waals surface area contributed by atoms with Gasteiger partial charge in [-0.25, -0.2) is 0 Å². The van der Waals surface area contributed by atoms with Crippen LogP contribution in [-0.4, -0.2) is 30.7 Å². The lowest BCUT2D eigenvalue weighted by atomic mass is 9.93. The van der Waals surface area contributed by atoms with Crippen LogP contribution in [-0.2, 0) is 4.79 Å². The van der Waals surface area contributed by atoms with E-state index in [2.05, 4.69) is 19.2 Å². The van der Waals surface area contributed by atoms with E-state index in [1.807, 2.05) is 13.8 Å². The third-order valence-electron chi connectivity index (χ3n) is 2.58. The fraction of sp³-hybridized carbons (Fsp3) is 0.917. The number of hydrogen-bond acceptors (Lipinski definition) is 3. The van der Waals surface area contributed by atoms with E-state index in [1.54, 1.807) is 0 Å². The average Bonchev–Trinajstić information content (AvgIpc) is 2.22. The summed E-state index contributed by atoms with van der Waals surface area (Å²) in [4.78, 5) is 11.8. The summed E-state index contributed by atoms with van der Waals surface area (Å²) in [5, 5.41) is 11.9. The fourth-order valence-corrected chi connectivity index (χ4v) is 1.41. The first-order valence-electron chi connectivity index (χ1n) is 5.91. The zero-order valence-electron chi connectivity index (χ0n) is 10.9. The maximum Gasteiger partial charge on any atom is 0.224 e. The molecule has 0 aromatic rings. The molecule has 0 rings (SSSR count). The largest absolute Gasteiger partial charge is 0.396 e. The lowest BCUT2D eigenvalue weighted by Gasteiger charge is -2.24. The Morgan fingerprint density at radius 2 is 2.00 bits per heavy atom. The standard InChI is InChI=1S/C12H26N2O2/c1-9(2)5-10(6-13)11(16)14-7-12(3,4)8-15/h9-10,15H,5-8,13H2,1-4H3,(H,14,16). The van der Waals surface area contributed by atoms with Gasteiger partial charge in [0.05, 0.1) is 5.92 Å². The molecular weight excluding hydrogens is 204 g/mol. The maximum atomic E-state index is 11.8. The van der Waals surface area contributed by atoms with Crippen molar-refractivity contribution in [3.05, 3.63) is 0 Å². The minimum Gasteiger partial charge on any atom is -0.396 e. The number of hydrogen-bond donors (Lipinski definition) is 3. The second kappa shape index (κ2) is 6.86. The Bertz CT molecular complexity index is 215. The minimum absolute atomic E-state index is 0.00211. The number of aliphatic hydroxyl groups is 1. The third-order valence-corrected chi connectivity index (χ3v) is 2.58. The van der Waals surface area contributed by atoms with Crippen molar-refractivity contribution in [3.8, 4) is 0 Å². The number of carbonyl (C=O) groups excluding carboxylic acids is 1. The summed E-state index contributed by atoms with van der Waals surface area (Å²) in [7, 11) is 0. The molecule has 0 aliphatic rings. The molecule has 0 aliphatic heterocycles. The van der Waals surface area contributed by atoms with E-state index < -0.39 is 0 Å². The highest BCUT2D eigenvalue weighted by Gasteiger charge is 2.22. The van der Waals surface area contributed by atoms with E-state index in [0.29, 0.717) is 19.0 Å². The van der Waals surface area contributed by atoms with Crippen LogP contribution in [0.15, 0.2) is 0 Å². The van der Waals surface area contributed by atoms with Crippen molar-refractivity contribution in [2.75, 3.05) is 19.7 Å². The van der Waals surface area contributed by atoms with Crippen molar-refractivity contribution in [2.45, 2.75) is 34.1 Å². The number of carbonyl (C=O) groups is 1. The lowest BCUT2D eigenvalue weighted by molar-refractivity contribution is -0.125.